The molecule has 0 aliphatic heterocycles. The van der Waals surface area contributed by atoms with Gasteiger partial charge in [-0.25, -0.2) is 0 Å². The Morgan fingerprint density at radius 2 is 2.20 bits per heavy atom. The highest BCUT2D eigenvalue weighted by Crippen LogP contribution is 2.32. The summed E-state index contributed by atoms with van der Waals surface area (Å²) >= 11 is 0. The van der Waals surface area contributed by atoms with Gasteiger partial charge in [0, 0.05) is 11.5 Å². The Morgan fingerprint density at radius 1 is 1.47 bits per heavy atom. The summed E-state index contributed by atoms with van der Waals surface area (Å²) in [5.41, 5.74) is 4.63. The van der Waals surface area contributed by atoms with E-state index in [2.05, 4.69) is 19.6 Å². The van der Waals surface area contributed by atoms with Crippen LogP contribution in [-0.2, 0) is 6.42 Å². The van der Waals surface area contributed by atoms with E-state index in [1.165, 1.54) is 16.7 Å². The topological polar surface area (TPSA) is 17.1 Å². The molecule has 0 heterocycles. The van der Waals surface area contributed by atoms with Gasteiger partial charge in [-0.05, 0) is 43.9 Å². The Labute approximate surface area is 90.8 Å². The minimum atomic E-state index is 0.137. The second kappa shape index (κ2) is 3.65. The predicted octanol–water partition coefficient (Wildman–Crippen LogP) is 3.23. The van der Waals surface area contributed by atoms with Gasteiger partial charge in [0.25, 0.3) is 0 Å². The fourth-order valence-electron chi connectivity index (χ4n) is 2.44. The van der Waals surface area contributed by atoms with Crippen LogP contribution in [0.4, 0.5) is 0 Å². The number of fused-ring (bicyclic) bond motifs is 1. The van der Waals surface area contributed by atoms with Crippen molar-refractivity contribution in [1.82, 2.24) is 0 Å². The van der Waals surface area contributed by atoms with Gasteiger partial charge in [-0.1, -0.05) is 17.7 Å². The van der Waals surface area contributed by atoms with E-state index < -0.39 is 0 Å². The van der Waals surface area contributed by atoms with Crippen LogP contribution in [0.25, 0.3) is 0 Å². The molecule has 1 heteroatoms. The molecule has 0 fully saturated rings. The van der Waals surface area contributed by atoms with E-state index in [4.69, 9.17) is 0 Å². The van der Waals surface area contributed by atoms with E-state index in [1.54, 1.807) is 0 Å². The summed E-state index contributed by atoms with van der Waals surface area (Å²) in [6, 6.07) is 4.18. The third kappa shape index (κ3) is 1.63. The summed E-state index contributed by atoms with van der Waals surface area (Å²) in [5, 5.41) is 0. The zero-order chi connectivity index (χ0) is 11.0. The number of Topliss-reactive ketones (excluding diaryl/α,β-unsaturated/α-hetero) is 1. The average molecular weight is 200 g/mol. The maximum absolute atomic E-state index is 12.0. The summed E-state index contributed by atoms with van der Waals surface area (Å²) < 4.78 is 0. The molecule has 1 aromatic rings. The van der Waals surface area contributed by atoms with E-state index >= 15 is 0 Å². The van der Waals surface area contributed by atoms with Gasteiger partial charge in [-0.3, -0.25) is 4.79 Å². The van der Waals surface area contributed by atoms with E-state index in [0.29, 0.717) is 5.78 Å². The molecule has 0 N–H and O–H groups in total. The largest absolute Gasteiger partial charge is 0.294 e. The minimum absolute atomic E-state index is 0.137. The number of rotatable bonds is 2. The zero-order valence-electron chi connectivity index (χ0n) is 9.34. The van der Waals surface area contributed by atoms with Crippen LogP contribution in [0.1, 0.15) is 33.5 Å². The van der Waals surface area contributed by atoms with Gasteiger partial charge >= 0.3 is 0 Å². The normalized spacial score (nSPS) is 19.1. The smallest absolute Gasteiger partial charge is 0.166 e. The van der Waals surface area contributed by atoms with Gasteiger partial charge in [-0.2, -0.15) is 0 Å². The van der Waals surface area contributed by atoms with Gasteiger partial charge in [0.1, 0.15) is 0 Å². The molecule has 15 heavy (non-hydrogen) atoms. The molecule has 2 rings (SSSR count). The average Bonchev–Trinajstić information content (AvgIpc) is 2.47. The molecule has 1 aliphatic rings. The van der Waals surface area contributed by atoms with Gasteiger partial charge in [-0.15, -0.1) is 6.58 Å². The Balaban J connectivity index is 2.45. The van der Waals surface area contributed by atoms with Crippen LogP contribution in [0.3, 0.4) is 0 Å². The zero-order valence-corrected chi connectivity index (χ0v) is 9.34. The molecule has 1 atom stereocenters. The standard InChI is InChI=1S/C14H16O/c1-4-5-11-8-12-10(3)6-9(2)7-13(12)14(11)15/h4,6-7,11H,1,5,8H2,2-3H3. The number of hydrogen-bond donors (Lipinski definition) is 0. The molecular weight excluding hydrogens is 184 g/mol. The summed E-state index contributed by atoms with van der Waals surface area (Å²) in [6.07, 6.45) is 3.54. The van der Waals surface area contributed by atoms with E-state index in [0.717, 1.165) is 18.4 Å². The van der Waals surface area contributed by atoms with Crippen LogP contribution in [0.2, 0.25) is 0 Å². The van der Waals surface area contributed by atoms with Crippen molar-refractivity contribution in [3.63, 3.8) is 0 Å². The van der Waals surface area contributed by atoms with Crippen molar-refractivity contribution < 1.29 is 4.79 Å². The molecule has 0 saturated carbocycles. The first-order valence-corrected chi connectivity index (χ1v) is 5.38. The molecule has 0 amide bonds. The van der Waals surface area contributed by atoms with Crippen molar-refractivity contribution >= 4 is 5.78 Å². The lowest BCUT2D eigenvalue weighted by atomic mass is 10.0. The van der Waals surface area contributed by atoms with Crippen LogP contribution in [0.5, 0.6) is 0 Å². The number of carbonyl (C=O) groups excluding carboxylic acids is 1. The second-order valence-electron chi connectivity index (χ2n) is 4.40. The van der Waals surface area contributed by atoms with Crippen LogP contribution >= 0.6 is 0 Å². The highest BCUT2D eigenvalue weighted by molar-refractivity contribution is 6.02. The first kappa shape index (κ1) is 10.2. The molecule has 0 bridgehead atoms. The van der Waals surface area contributed by atoms with Crippen LogP contribution in [0, 0.1) is 19.8 Å². The van der Waals surface area contributed by atoms with Crippen LogP contribution in [-0.4, -0.2) is 5.78 Å². The summed E-state index contributed by atoms with van der Waals surface area (Å²) in [5.74, 6) is 0.440. The molecule has 0 radical (unpaired) electrons. The molecule has 1 unspecified atom stereocenters. The Kier molecular flexibility index (Phi) is 2.47. The number of benzene rings is 1. The SMILES string of the molecule is C=CCC1Cc2c(C)cc(C)cc2C1=O. The van der Waals surface area contributed by atoms with E-state index in [9.17, 15) is 4.79 Å². The lowest BCUT2D eigenvalue weighted by Gasteiger charge is -2.03. The van der Waals surface area contributed by atoms with Crippen molar-refractivity contribution in [2.75, 3.05) is 0 Å². The highest BCUT2D eigenvalue weighted by Gasteiger charge is 2.30. The Morgan fingerprint density at radius 3 is 2.87 bits per heavy atom. The van der Waals surface area contributed by atoms with Gasteiger partial charge in [0.05, 0.1) is 0 Å². The fraction of sp³-hybridized carbons (Fsp3) is 0.357. The van der Waals surface area contributed by atoms with Crippen molar-refractivity contribution in [3.8, 4) is 0 Å². The lowest BCUT2D eigenvalue weighted by molar-refractivity contribution is 0.0938. The minimum Gasteiger partial charge on any atom is -0.294 e. The van der Waals surface area contributed by atoms with Gasteiger partial charge in [0.15, 0.2) is 5.78 Å². The molecule has 1 nitrogen and oxygen atoms in total. The molecule has 0 aromatic heterocycles. The highest BCUT2D eigenvalue weighted by atomic mass is 16.1. The summed E-state index contributed by atoms with van der Waals surface area (Å²) in [6.45, 7) is 7.84. The number of ketones is 1. The molecule has 78 valence electrons. The Bertz CT molecular complexity index is 429. The number of hydrogen-bond acceptors (Lipinski definition) is 1. The van der Waals surface area contributed by atoms with E-state index in [-0.39, 0.29) is 5.92 Å². The molecular formula is C14H16O. The summed E-state index contributed by atoms with van der Waals surface area (Å²) in [4.78, 5) is 12.0. The third-order valence-electron chi connectivity index (χ3n) is 3.16. The van der Waals surface area contributed by atoms with Crippen LogP contribution in [0.15, 0.2) is 24.8 Å². The maximum Gasteiger partial charge on any atom is 0.166 e. The quantitative estimate of drug-likeness (QED) is 0.670. The first-order valence-electron chi connectivity index (χ1n) is 5.38. The molecule has 0 saturated heterocycles. The summed E-state index contributed by atoms with van der Waals surface area (Å²) in [7, 11) is 0. The predicted molar refractivity (Wildman–Crippen MR) is 62.3 cm³/mol. The van der Waals surface area contributed by atoms with Crippen molar-refractivity contribution in [2.45, 2.75) is 26.7 Å². The maximum atomic E-state index is 12.0. The van der Waals surface area contributed by atoms with Gasteiger partial charge < -0.3 is 0 Å². The number of allylic oxidation sites excluding steroid dienone is 1. The van der Waals surface area contributed by atoms with Crippen molar-refractivity contribution in [1.29, 1.82) is 0 Å². The van der Waals surface area contributed by atoms with E-state index in [1.807, 2.05) is 19.1 Å². The lowest BCUT2D eigenvalue weighted by Crippen LogP contribution is -2.07. The Hall–Kier alpha value is -1.37. The first-order chi connectivity index (χ1) is 7.13. The number of aryl methyl sites for hydroxylation is 2. The van der Waals surface area contributed by atoms with Gasteiger partial charge in [0.2, 0.25) is 0 Å². The number of carbonyl (C=O) groups is 1. The van der Waals surface area contributed by atoms with Crippen LogP contribution < -0.4 is 0 Å². The third-order valence-corrected chi connectivity index (χ3v) is 3.16. The van der Waals surface area contributed by atoms with Crippen molar-refractivity contribution in [3.05, 3.63) is 47.0 Å². The monoisotopic (exact) mass is 200 g/mol. The molecule has 1 aliphatic carbocycles. The molecule has 0 spiro atoms. The fourth-order valence-corrected chi connectivity index (χ4v) is 2.44. The second-order valence-corrected chi connectivity index (χ2v) is 4.40. The molecule has 1 aromatic carbocycles. The van der Waals surface area contributed by atoms with Crippen molar-refractivity contribution in [2.24, 2.45) is 5.92 Å².